The van der Waals surface area contributed by atoms with Gasteiger partial charge in [-0.15, -0.1) is 11.3 Å². The summed E-state index contributed by atoms with van der Waals surface area (Å²) in [5, 5.41) is 4.31. The molecule has 0 unspecified atom stereocenters. The Morgan fingerprint density at radius 2 is 1.75 bits per heavy atom. The smallest absolute Gasteiger partial charge is 0.162 e. The van der Waals surface area contributed by atoms with E-state index in [-0.39, 0.29) is 0 Å². The lowest BCUT2D eigenvalue weighted by atomic mass is 10.0. The first-order chi connectivity index (χ1) is 15.8. The molecule has 3 aromatic rings. The lowest BCUT2D eigenvalue weighted by Gasteiger charge is -2.34. The summed E-state index contributed by atoms with van der Waals surface area (Å²) in [6, 6.07) is 4.37. The monoisotopic (exact) mass is 453 g/mol. The first kappa shape index (κ1) is 21.4. The van der Waals surface area contributed by atoms with Crippen LogP contribution in [0.25, 0.3) is 10.9 Å². The van der Waals surface area contributed by atoms with Crippen LogP contribution in [0.5, 0.6) is 11.5 Å². The van der Waals surface area contributed by atoms with Gasteiger partial charge in [0.2, 0.25) is 0 Å². The van der Waals surface area contributed by atoms with Crippen molar-refractivity contribution < 1.29 is 9.47 Å². The van der Waals surface area contributed by atoms with Crippen LogP contribution in [0, 0.1) is 0 Å². The van der Waals surface area contributed by atoms with Crippen LogP contribution in [0.2, 0.25) is 0 Å². The van der Waals surface area contributed by atoms with Crippen LogP contribution in [0.3, 0.4) is 0 Å². The van der Waals surface area contributed by atoms with Crippen LogP contribution in [-0.2, 0) is 6.54 Å². The average Bonchev–Trinajstić information content (AvgIpc) is 3.38. The summed E-state index contributed by atoms with van der Waals surface area (Å²) >= 11 is 1.75. The minimum Gasteiger partial charge on any atom is -0.493 e. The Morgan fingerprint density at radius 3 is 2.50 bits per heavy atom. The van der Waals surface area contributed by atoms with E-state index in [1.807, 2.05) is 18.3 Å². The van der Waals surface area contributed by atoms with Gasteiger partial charge < -0.3 is 14.4 Å². The fraction of sp³-hybridized carbons (Fsp3) is 0.542. The maximum absolute atomic E-state index is 5.58. The molecule has 5 rings (SSSR count). The number of ether oxygens (including phenoxy) is 2. The number of thiazole rings is 1. The summed E-state index contributed by atoms with van der Waals surface area (Å²) in [5.74, 6) is 3.31. The van der Waals surface area contributed by atoms with Crippen molar-refractivity contribution in [2.24, 2.45) is 0 Å². The summed E-state index contributed by atoms with van der Waals surface area (Å²) in [7, 11) is 3.35. The van der Waals surface area contributed by atoms with E-state index in [2.05, 4.69) is 20.2 Å². The van der Waals surface area contributed by atoms with Gasteiger partial charge in [0.05, 0.1) is 32.3 Å². The molecule has 2 aromatic heterocycles. The predicted molar refractivity (Wildman–Crippen MR) is 128 cm³/mol. The van der Waals surface area contributed by atoms with Crippen molar-refractivity contribution in [3.63, 3.8) is 0 Å². The number of likely N-dealkylation sites (tertiary alicyclic amines) is 1. The zero-order valence-corrected chi connectivity index (χ0v) is 19.7. The lowest BCUT2D eigenvalue weighted by molar-refractivity contribution is 0.137. The van der Waals surface area contributed by atoms with Gasteiger partial charge in [-0.3, -0.25) is 4.90 Å². The number of piperidine rings is 2. The molecular formula is C24H31N5O2S. The molecule has 1 atom stereocenters. The van der Waals surface area contributed by atoms with E-state index in [1.165, 1.54) is 37.1 Å². The third kappa shape index (κ3) is 4.26. The summed E-state index contributed by atoms with van der Waals surface area (Å²) < 4.78 is 11.1. The molecule has 2 aliphatic heterocycles. The second-order valence-corrected chi connectivity index (χ2v) is 9.51. The number of fused-ring (bicyclic) bond motifs is 1. The molecule has 4 heterocycles. The second kappa shape index (κ2) is 9.58. The zero-order chi connectivity index (χ0) is 21.9. The Hall–Kier alpha value is -2.45. The van der Waals surface area contributed by atoms with Gasteiger partial charge in [-0.1, -0.05) is 6.42 Å². The van der Waals surface area contributed by atoms with E-state index in [4.69, 9.17) is 19.4 Å². The highest BCUT2D eigenvalue weighted by Crippen LogP contribution is 2.37. The molecular weight excluding hydrogens is 422 g/mol. The van der Waals surface area contributed by atoms with Crippen molar-refractivity contribution in [3.05, 3.63) is 34.5 Å². The van der Waals surface area contributed by atoms with Crippen molar-refractivity contribution >= 4 is 28.1 Å². The zero-order valence-electron chi connectivity index (χ0n) is 18.9. The molecule has 0 spiro atoms. The summed E-state index contributed by atoms with van der Waals surface area (Å²) in [6.07, 6.45) is 9.19. The number of rotatable bonds is 6. The molecule has 170 valence electrons. The number of anilines is 1. The van der Waals surface area contributed by atoms with Crippen molar-refractivity contribution in [1.82, 2.24) is 19.9 Å². The van der Waals surface area contributed by atoms with E-state index in [0.717, 1.165) is 60.9 Å². The van der Waals surface area contributed by atoms with E-state index in [1.54, 1.807) is 25.6 Å². The van der Waals surface area contributed by atoms with Gasteiger partial charge >= 0.3 is 0 Å². The molecule has 2 fully saturated rings. The van der Waals surface area contributed by atoms with Gasteiger partial charge in [0.1, 0.15) is 16.6 Å². The molecule has 7 nitrogen and oxygen atoms in total. The predicted octanol–water partition coefficient (Wildman–Crippen LogP) is 4.82. The largest absolute Gasteiger partial charge is 0.493 e. The van der Waals surface area contributed by atoms with Crippen LogP contribution in [0.4, 0.5) is 5.82 Å². The van der Waals surface area contributed by atoms with Gasteiger partial charge in [-0.2, -0.15) is 0 Å². The molecule has 0 radical (unpaired) electrons. The summed E-state index contributed by atoms with van der Waals surface area (Å²) in [5.41, 5.74) is 0.913. The second-order valence-electron chi connectivity index (χ2n) is 8.59. The average molecular weight is 454 g/mol. The van der Waals surface area contributed by atoms with E-state index in [0.29, 0.717) is 11.8 Å². The Bertz CT molecular complexity index is 1050. The molecule has 2 aliphatic rings. The van der Waals surface area contributed by atoms with Crippen LogP contribution in [-0.4, -0.2) is 53.7 Å². The van der Waals surface area contributed by atoms with Gasteiger partial charge in [-0.25, -0.2) is 15.0 Å². The van der Waals surface area contributed by atoms with Crippen molar-refractivity contribution in [2.75, 3.05) is 38.8 Å². The highest BCUT2D eigenvalue weighted by Gasteiger charge is 2.27. The minimum atomic E-state index is 0.354. The van der Waals surface area contributed by atoms with Crippen LogP contribution >= 0.6 is 11.3 Å². The molecule has 32 heavy (non-hydrogen) atoms. The lowest BCUT2D eigenvalue weighted by Crippen LogP contribution is -2.34. The maximum Gasteiger partial charge on any atom is 0.162 e. The molecule has 8 heteroatoms. The fourth-order valence-corrected chi connectivity index (χ4v) is 5.75. The van der Waals surface area contributed by atoms with Gasteiger partial charge in [0.15, 0.2) is 11.5 Å². The Balaban J connectivity index is 1.54. The quantitative estimate of drug-likeness (QED) is 0.530. The van der Waals surface area contributed by atoms with E-state index >= 15 is 0 Å². The van der Waals surface area contributed by atoms with E-state index in [9.17, 15) is 0 Å². The Morgan fingerprint density at radius 1 is 0.969 bits per heavy atom. The number of nitrogens with zero attached hydrogens (tertiary/aromatic N) is 5. The van der Waals surface area contributed by atoms with Gasteiger partial charge in [0, 0.05) is 36.1 Å². The number of methoxy groups -OCH3 is 2. The van der Waals surface area contributed by atoms with Crippen molar-refractivity contribution in [1.29, 1.82) is 0 Å². The molecule has 0 N–H and O–H groups in total. The number of aromatic nitrogens is 3. The first-order valence-electron chi connectivity index (χ1n) is 11.6. The molecule has 0 bridgehead atoms. The fourth-order valence-electron chi connectivity index (χ4n) is 4.94. The Kier molecular flexibility index (Phi) is 6.41. The highest BCUT2D eigenvalue weighted by molar-refractivity contribution is 7.09. The van der Waals surface area contributed by atoms with Crippen molar-refractivity contribution in [2.45, 2.75) is 51.1 Å². The number of hydrogen-bond donors (Lipinski definition) is 0. The SMILES string of the molecule is COc1cc2nc(CN3CCCC[C@H]3c3nccs3)nc(N3CCCCC3)c2cc1OC. The summed E-state index contributed by atoms with van der Waals surface area (Å²) in [6.45, 7) is 3.85. The first-order valence-corrected chi connectivity index (χ1v) is 12.5. The third-order valence-corrected chi connectivity index (χ3v) is 7.45. The topological polar surface area (TPSA) is 63.6 Å². The maximum atomic E-state index is 5.58. The van der Waals surface area contributed by atoms with Crippen molar-refractivity contribution in [3.8, 4) is 11.5 Å². The highest BCUT2D eigenvalue weighted by atomic mass is 32.1. The third-order valence-electron chi connectivity index (χ3n) is 6.58. The van der Waals surface area contributed by atoms with Crippen LogP contribution < -0.4 is 14.4 Å². The molecule has 2 saturated heterocycles. The molecule has 0 aliphatic carbocycles. The minimum absolute atomic E-state index is 0.354. The number of hydrogen-bond acceptors (Lipinski definition) is 8. The Labute approximate surface area is 193 Å². The molecule has 0 amide bonds. The van der Waals surface area contributed by atoms with Gasteiger partial charge in [-0.05, 0) is 44.7 Å². The van der Waals surface area contributed by atoms with Crippen LogP contribution in [0.15, 0.2) is 23.7 Å². The van der Waals surface area contributed by atoms with Crippen LogP contribution in [0.1, 0.15) is 55.4 Å². The molecule has 0 saturated carbocycles. The van der Waals surface area contributed by atoms with Gasteiger partial charge in [0.25, 0.3) is 0 Å². The normalized spacial score (nSPS) is 19.9. The standard InChI is InChI=1S/C24H31N5O2S/c1-30-20-14-17-18(15-21(20)31-2)26-22(27-23(17)28-10-5-3-6-11-28)16-29-12-7-4-8-19(29)24-25-9-13-32-24/h9,13-15,19H,3-8,10-12,16H2,1-2H3/t19-/m0/s1. The molecule has 1 aromatic carbocycles. The summed E-state index contributed by atoms with van der Waals surface area (Å²) in [4.78, 5) is 19.6. The van der Waals surface area contributed by atoms with E-state index < -0.39 is 0 Å². The number of benzene rings is 1.